The third kappa shape index (κ3) is 2.78. The lowest BCUT2D eigenvalue weighted by molar-refractivity contribution is -0.120. The maximum atomic E-state index is 12.4. The molecule has 0 aromatic heterocycles. The summed E-state index contributed by atoms with van der Waals surface area (Å²) in [6, 6.07) is 7.48. The Morgan fingerprint density at radius 1 is 1.37 bits per heavy atom. The molecule has 1 aliphatic heterocycles. The van der Waals surface area contributed by atoms with Crippen LogP contribution in [0.15, 0.2) is 24.3 Å². The fourth-order valence-electron chi connectivity index (χ4n) is 2.35. The number of fused-ring (bicyclic) bond motifs is 1. The summed E-state index contributed by atoms with van der Waals surface area (Å²) in [5.41, 5.74) is 1.59. The van der Waals surface area contributed by atoms with Gasteiger partial charge in [-0.3, -0.25) is 9.59 Å². The number of carbonyl (C=O) groups excluding carboxylic acids is 2. The van der Waals surface area contributed by atoms with Gasteiger partial charge in [0.25, 0.3) is 5.91 Å². The highest BCUT2D eigenvalue weighted by Gasteiger charge is 2.36. The number of hydrogen-bond donors (Lipinski definition) is 1. The lowest BCUT2D eigenvalue weighted by atomic mass is 10.1. The number of nitrogens with one attached hydrogen (secondary N) is 1. The number of rotatable bonds is 4. The molecule has 19 heavy (non-hydrogen) atoms. The van der Waals surface area contributed by atoms with E-state index in [2.05, 4.69) is 19.2 Å². The SMILES string of the molecule is CC(=O)N[C@H]1c2ccccc2C(=O)N1CCC(C)C. The van der Waals surface area contributed by atoms with Crippen LogP contribution in [0.1, 0.15) is 49.3 Å². The Morgan fingerprint density at radius 3 is 2.68 bits per heavy atom. The molecule has 0 spiro atoms. The first-order valence-electron chi connectivity index (χ1n) is 6.67. The maximum Gasteiger partial charge on any atom is 0.256 e. The van der Waals surface area contributed by atoms with Crippen molar-refractivity contribution in [1.29, 1.82) is 0 Å². The molecule has 102 valence electrons. The molecule has 2 amide bonds. The van der Waals surface area contributed by atoms with E-state index in [4.69, 9.17) is 0 Å². The molecule has 0 bridgehead atoms. The second-order valence-electron chi connectivity index (χ2n) is 5.37. The molecule has 1 aromatic rings. The van der Waals surface area contributed by atoms with E-state index in [1.54, 1.807) is 4.90 Å². The van der Waals surface area contributed by atoms with Crippen LogP contribution >= 0.6 is 0 Å². The van der Waals surface area contributed by atoms with Crippen molar-refractivity contribution in [2.24, 2.45) is 5.92 Å². The van der Waals surface area contributed by atoms with Crippen LogP contribution in [0.4, 0.5) is 0 Å². The van der Waals surface area contributed by atoms with Gasteiger partial charge in [-0.15, -0.1) is 0 Å². The predicted molar refractivity (Wildman–Crippen MR) is 73.5 cm³/mol. The molecule has 0 saturated heterocycles. The lowest BCUT2D eigenvalue weighted by Gasteiger charge is -2.26. The second-order valence-corrected chi connectivity index (χ2v) is 5.37. The van der Waals surface area contributed by atoms with E-state index in [0.29, 0.717) is 18.0 Å². The monoisotopic (exact) mass is 260 g/mol. The van der Waals surface area contributed by atoms with Crippen molar-refractivity contribution >= 4 is 11.8 Å². The summed E-state index contributed by atoms with van der Waals surface area (Å²) in [6.07, 6.45) is 0.607. The van der Waals surface area contributed by atoms with Crippen molar-refractivity contribution < 1.29 is 9.59 Å². The van der Waals surface area contributed by atoms with Gasteiger partial charge in [-0.1, -0.05) is 32.0 Å². The van der Waals surface area contributed by atoms with Crippen LogP contribution in [0.5, 0.6) is 0 Å². The van der Waals surface area contributed by atoms with Crippen molar-refractivity contribution in [3.8, 4) is 0 Å². The van der Waals surface area contributed by atoms with Crippen molar-refractivity contribution in [1.82, 2.24) is 10.2 Å². The Kier molecular flexibility index (Phi) is 3.88. The minimum Gasteiger partial charge on any atom is -0.332 e. The summed E-state index contributed by atoms with van der Waals surface area (Å²) >= 11 is 0. The highest BCUT2D eigenvalue weighted by atomic mass is 16.2. The van der Waals surface area contributed by atoms with E-state index in [-0.39, 0.29) is 18.0 Å². The summed E-state index contributed by atoms with van der Waals surface area (Å²) in [7, 11) is 0. The van der Waals surface area contributed by atoms with E-state index in [1.807, 2.05) is 24.3 Å². The van der Waals surface area contributed by atoms with Crippen LogP contribution in [0.3, 0.4) is 0 Å². The number of carbonyl (C=O) groups is 2. The number of benzene rings is 1. The molecule has 1 aromatic carbocycles. The van der Waals surface area contributed by atoms with Gasteiger partial charge in [0.05, 0.1) is 0 Å². The fourth-order valence-corrected chi connectivity index (χ4v) is 2.35. The van der Waals surface area contributed by atoms with Gasteiger partial charge in [-0.25, -0.2) is 0 Å². The van der Waals surface area contributed by atoms with Gasteiger partial charge >= 0.3 is 0 Å². The molecule has 4 heteroatoms. The molecule has 0 fully saturated rings. The highest BCUT2D eigenvalue weighted by molar-refractivity contribution is 5.99. The molecule has 0 saturated carbocycles. The van der Waals surface area contributed by atoms with Crippen LogP contribution in [0, 0.1) is 5.92 Å². The van der Waals surface area contributed by atoms with Gasteiger partial charge in [0.1, 0.15) is 6.17 Å². The third-order valence-corrected chi connectivity index (χ3v) is 3.35. The smallest absolute Gasteiger partial charge is 0.256 e. The van der Waals surface area contributed by atoms with Crippen LogP contribution < -0.4 is 5.32 Å². The molecule has 1 N–H and O–H groups in total. The molecule has 0 unspecified atom stereocenters. The average molecular weight is 260 g/mol. The van der Waals surface area contributed by atoms with Crippen LogP contribution in [0.25, 0.3) is 0 Å². The largest absolute Gasteiger partial charge is 0.332 e. The first-order valence-corrected chi connectivity index (χ1v) is 6.67. The van der Waals surface area contributed by atoms with Gasteiger partial charge < -0.3 is 10.2 Å². The molecule has 2 rings (SSSR count). The quantitative estimate of drug-likeness (QED) is 0.903. The molecular formula is C15H20N2O2. The first kappa shape index (κ1) is 13.6. The predicted octanol–water partition coefficient (Wildman–Crippen LogP) is 2.32. The summed E-state index contributed by atoms with van der Waals surface area (Å²) in [5.74, 6) is 0.411. The minimum absolute atomic E-state index is 0.00926. The van der Waals surface area contributed by atoms with E-state index >= 15 is 0 Å². The van der Waals surface area contributed by atoms with Crippen molar-refractivity contribution in [2.75, 3.05) is 6.54 Å². The van der Waals surface area contributed by atoms with Crippen molar-refractivity contribution in [2.45, 2.75) is 33.4 Å². The molecule has 1 atom stereocenters. The van der Waals surface area contributed by atoms with Gasteiger partial charge in [0, 0.05) is 24.6 Å². The Hall–Kier alpha value is -1.84. The molecular weight excluding hydrogens is 240 g/mol. The maximum absolute atomic E-state index is 12.4. The molecule has 0 radical (unpaired) electrons. The Bertz CT molecular complexity index is 497. The van der Waals surface area contributed by atoms with Crippen LogP contribution in [-0.2, 0) is 4.79 Å². The first-order chi connectivity index (χ1) is 9.00. The summed E-state index contributed by atoms with van der Waals surface area (Å²) < 4.78 is 0. The zero-order valence-electron chi connectivity index (χ0n) is 11.6. The third-order valence-electron chi connectivity index (χ3n) is 3.35. The number of nitrogens with zero attached hydrogens (tertiary/aromatic N) is 1. The average Bonchev–Trinajstić information content (AvgIpc) is 2.60. The molecule has 0 aliphatic carbocycles. The summed E-state index contributed by atoms with van der Waals surface area (Å²) in [4.78, 5) is 25.5. The Morgan fingerprint density at radius 2 is 2.05 bits per heavy atom. The van der Waals surface area contributed by atoms with E-state index < -0.39 is 0 Å². The zero-order chi connectivity index (χ0) is 14.0. The molecule has 1 heterocycles. The standard InChI is InChI=1S/C15H20N2O2/c1-10(2)8-9-17-14(16-11(3)18)12-6-4-5-7-13(12)15(17)19/h4-7,10,14H,8-9H2,1-3H3,(H,16,18)/t14-/m1/s1. The highest BCUT2D eigenvalue weighted by Crippen LogP contribution is 2.31. The van der Waals surface area contributed by atoms with E-state index in [9.17, 15) is 9.59 Å². The fraction of sp³-hybridized carbons (Fsp3) is 0.467. The Balaban J connectivity index is 2.27. The van der Waals surface area contributed by atoms with E-state index in [0.717, 1.165) is 12.0 Å². The van der Waals surface area contributed by atoms with Gasteiger partial charge in [0.2, 0.25) is 5.91 Å². The number of amides is 2. The zero-order valence-corrected chi connectivity index (χ0v) is 11.6. The summed E-state index contributed by atoms with van der Waals surface area (Å²) in [6.45, 7) is 6.39. The topological polar surface area (TPSA) is 49.4 Å². The Labute approximate surface area is 113 Å². The van der Waals surface area contributed by atoms with Crippen LogP contribution in [0.2, 0.25) is 0 Å². The summed E-state index contributed by atoms with van der Waals surface area (Å²) in [5, 5.41) is 2.87. The van der Waals surface area contributed by atoms with Gasteiger partial charge in [-0.05, 0) is 18.4 Å². The van der Waals surface area contributed by atoms with Crippen molar-refractivity contribution in [3.63, 3.8) is 0 Å². The lowest BCUT2D eigenvalue weighted by Crippen LogP contribution is -2.39. The molecule has 4 nitrogen and oxygen atoms in total. The second kappa shape index (κ2) is 5.43. The van der Waals surface area contributed by atoms with E-state index in [1.165, 1.54) is 6.92 Å². The molecule has 1 aliphatic rings. The normalized spacial score (nSPS) is 17.8. The van der Waals surface area contributed by atoms with Gasteiger partial charge in [0.15, 0.2) is 0 Å². The van der Waals surface area contributed by atoms with Gasteiger partial charge in [-0.2, -0.15) is 0 Å². The van der Waals surface area contributed by atoms with Crippen molar-refractivity contribution in [3.05, 3.63) is 35.4 Å². The number of hydrogen-bond acceptors (Lipinski definition) is 2. The minimum atomic E-state index is -0.319. The van der Waals surface area contributed by atoms with Crippen LogP contribution in [-0.4, -0.2) is 23.3 Å².